The summed E-state index contributed by atoms with van der Waals surface area (Å²) in [5, 5.41) is 18.3. The fourth-order valence-corrected chi connectivity index (χ4v) is 6.03. The monoisotopic (exact) mass is 743 g/mol. The van der Waals surface area contributed by atoms with Crippen molar-refractivity contribution in [1.82, 2.24) is 0 Å². The average molecular weight is 743 g/mol. The molecule has 0 aliphatic carbocycles. The lowest BCUT2D eigenvalue weighted by atomic mass is 10.0. The van der Waals surface area contributed by atoms with Crippen molar-refractivity contribution in [3.63, 3.8) is 0 Å². The molecule has 9 nitrogen and oxygen atoms in total. The van der Waals surface area contributed by atoms with Crippen molar-refractivity contribution in [2.75, 3.05) is 33.0 Å². The van der Waals surface area contributed by atoms with Gasteiger partial charge in [0.25, 0.3) is 0 Å². The van der Waals surface area contributed by atoms with E-state index in [9.17, 15) is 19.4 Å². The number of aliphatic hydroxyl groups excluding tert-OH is 2. The van der Waals surface area contributed by atoms with Crippen molar-refractivity contribution in [3.8, 4) is 0 Å². The van der Waals surface area contributed by atoms with E-state index >= 15 is 0 Å². The number of rotatable bonds is 38. The van der Waals surface area contributed by atoms with E-state index in [4.69, 9.17) is 23.6 Å². The van der Waals surface area contributed by atoms with Crippen LogP contribution in [0, 0.1) is 0 Å². The highest BCUT2D eigenvalue weighted by molar-refractivity contribution is 7.47. The number of carbonyl (C=O) groups is 1. The highest BCUT2D eigenvalue weighted by Gasteiger charge is 2.26. The van der Waals surface area contributed by atoms with Gasteiger partial charge >= 0.3 is 13.8 Å². The normalized spacial score (nSPS) is 14.7. The summed E-state index contributed by atoms with van der Waals surface area (Å²) >= 11 is 0. The third kappa shape index (κ3) is 38.0. The largest absolute Gasteiger partial charge is 0.472 e. The second-order valence-electron chi connectivity index (χ2n) is 13.3. The van der Waals surface area contributed by atoms with Crippen LogP contribution in [0.5, 0.6) is 0 Å². The minimum Gasteiger partial charge on any atom is -0.457 e. The zero-order valence-corrected chi connectivity index (χ0v) is 33.2. The van der Waals surface area contributed by atoms with Gasteiger partial charge in [0, 0.05) is 13.0 Å². The van der Waals surface area contributed by atoms with E-state index in [1.54, 1.807) is 0 Å². The maximum absolute atomic E-state index is 12.6. The van der Waals surface area contributed by atoms with Crippen LogP contribution >= 0.6 is 7.82 Å². The molecule has 298 valence electrons. The Balaban J connectivity index is 4.27. The second-order valence-corrected chi connectivity index (χ2v) is 14.7. The van der Waals surface area contributed by atoms with Gasteiger partial charge in [-0.1, -0.05) is 159 Å². The molecule has 0 aromatic carbocycles. The molecule has 0 rings (SSSR count). The minimum absolute atomic E-state index is 0.0121. The lowest BCUT2D eigenvalue weighted by Gasteiger charge is -2.20. The maximum atomic E-state index is 12.6. The number of allylic oxidation sites excluding steroid dienone is 8. The van der Waals surface area contributed by atoms with Crippen LogP contribution in [0.3, 0.4) is 0 Å². The molecular weight excluding hydrogens is 667 g/mol. The number of unbranched alkanes of at least 4 members (excludes halogenated alkanes) is 16. The lowest BCUT2D eigenvalue weighted by molar-refractivity contribution is -0.154. The van der Waals surface area contributed by atoms with Gasteiger partial charge < -0.3 is 24.6 Å². The van der Waals surface area contributed by atoms with Crippen LogP contribution in [0.2, 0.25) is 0 Å². The van der Waals surface area contributed by atoms with Crippen molar-refractivity contribution in [2.24, 2.45) is 0 Å². The first-order valence-corrected chi connectivity index (χ1v) is 21.6. The smallest absolute Gasteiger partial charge is 0.457 e. The van der Waals surface area contributed by atoms with Crippen molar-refractivity contribution in [1.29, 1.82) is 0 Å². The van der Waals surface area contributed by atoms with Gasteiger partial charge in [0.15, 0.2) is 0 Å². The predicted molar refractivity (Wildman–Crippen MR) is 210 cm³/mol. The summed E-state index contributed by atoms with van der Waals surface area (Å²) in [6.45, 7) is 3.25. The summed E-state index contributed by atoms with van der Waals surface area (Å²) in [7, 11) is -4.53. The van der Waals surface area contributed by atoms with Crippen molar-refractivity contribution < 1.29 is 43.0 Å². The summed E-state index contributed by atoms with van der Waals surface area (Å²) in [4.78, 5) is 22.5. The minimum atomic E-state index is -4.53. The number of hydrogen-bond donors (Lipinski definition) is 3. The van der Waals surface area contributed by atoms with Gasteiger partial charge in [-0.05, 0) is 44.9 Å². The molecule has 0 heterocycles. The first kappa shape index (κ1) is 49.4. The van der Waals surface area contributed by atoms with Crippen LogP contribution in [0.25, 0.3) is 0 Å². The molecule has 0 fully saturated rings. The van der Waals surface area contributed by atoms with E-state index < -0.39 is 45.8 Å². The predicted octanol–water partition coefficient (Wildman–Crippen LogP) is 10.6. The molecule has 0 radical (unpaired) electrons. The second kappa shape index (κ2) is 38.2. The van der Waals surface area contributed by atoms with Crippen LogP contribution in [0.15, 0.2) is 48.6 Å². The summed E-state index contributed by atoms with van der Waals surface area (Å²) < 4.78 is 33.2. The molecular formula is C41H75O9P. The Morgan fingerprint density at radius 1 is 0.627 bits per heavy atom. The number of carbonyl (C=O) groups excluding carboxylic acids is 1. The van der Waals surface area contributed by atoms with Crippen LogP contribution in [0.1, 0.15) is 162 Å². The van der Waals surface area contributed by atoms with Crippen molar-refractivity contribution in [2.45, 2.75) is 174 Å². The zero-order chi connectivity index (χ0) is 37.5. The van der Waals surface area contributed by atoms with Crippen molar-refractivity contribution in [3.05, 3.63) is 48.6 Å². The number of hydrogen-bond acceptors (Lipinski definition) is 8. The third-order valence-electron chi connectivity index (χ3n) is 8.28. The first-order chi connectivity index (χ1) is 24.8. The van der Waals surface area contributed by atoms with E-state index in [-0.39, 0.29) is 13.0 Å². The van der Waals surface area contributed by atoms with Gasteiger partial charge in [-0.2, -0.15) is 0 Å². The van der Waals surface area contributed by atoms with E-state index in [0.717, 1.165) is 57.8 Å². The Kier molecular flexibility index (Phi) is 37.0. The number of esters is 1. The third-order valence-corrected chi connectivity index (χ3v) is 9.23. The zero-order valence-electron chi connectivity index (χ0n) is 32.3. The molecule has 10 heteroatoms. The molecule has 0 aliphatic rings. The van der Waals surface area contributed by atoms with Crippen molar-refractivity contribution >= 4 is 13.8 Å². The van der Waals surface area contributed by atoms with Crippen LogP contribution in [-0.4, -0.2) is 66.3 Å². The molecule has 0 aromatic rings. The maximum Gasteiger partial charge on any atom is 0.472 e. The highest BCUT2D eigenvalue weighted by Crippen LogP contribution is 2.43. The van der Waals surface area contributed by atoms with Gasteiger partial charge in [0.2, 0.25) is 0 Å². The molecule has 0 saturated heterocycles. The van der Waals surface area contributed by atoms with Crippen LogP contribution in [-0.2, 0) is 27.9 Å². The molecule has 0 spiro atoms. The molecule has 0 aliphatic heterocycles. The Hall–Kier alpha value is -1.58. The van der Waals surface area contributed by atoms with E-state index in [1.165, 1.54) is 83.5 Å². The Morgan fingerprint density at radius 2 is 1.10 bits per heavy atom. The molecule has 3 atom stereocenters. The summed E-state index contributed by atoms with van der Waals surface area (Å²) in [6, 6.07) is 0. The lowest BCUT2D eigenvalue weighted by Crippen LogP contribution is -2.29. The Morgan fingerprint density at radius 3 is 1.61 bits per heavy atom. The number of phosphoric acid groups is 1. The molecule has 3 N–H and O–H groups in total. The number of phosphoric ester groups is 1. The molecule has 3 unspecified atom stereocenters. The first-order valence-electron chi connectivity index (χ1n) is 20.1. The molecule has 0 amide bonds. The number of ether oxygens (including phenoxy) is 2. The fraction of sp³-hybridized carbons (Fsp3) is 0.780. The van der Waals surface area contributed by atoms with Gasteiger partial charge in [0.1, 0.15) is 12.2 Å². The van der Waals surface area contributed by atoms with E-state index in [0.29, 0.717) is 6.61 Å². The highest BCUT2D eigenvalue weighted by atomic mass is 31.2. The van der Waals surface area contributed by atoms with Crippen LogP contribution < -0.4 is 0 Å². The topological polar surface area (TPSA) is 132 Å². The average Bonchev–Trinajstić information content (AvgIpc) is 3.12. The SMILES string of the molecule is CC/C=C\C/C=C\C/C=C\C/C=C\CCCOCC(COP(=O)(O)OCC(O)CO)OC(=O)CCCCCCCCCCCCCCCCCC. The van der Waals surface area contributed by atoms with Gasteiger partial charge in [-0.15, -0.1) is 0 Å². The van der Waals surface area contributed by atoms with Gasteiger partial charge in [-0.3, -0.25) is 13.8 Å². The number of aliphatic hydroxyl groups is 2. The molecule has 0 bridgehead atoms. The summed E-state index contributed by atoms with van der Waals surface area (Å²) in [5.74, 6) is -0.401. The van der Waals surface area contributed by atoms with Gasteiger partial charge in [0.05, 0.1) is 26.4 Å². The van der Waals surface area contributed by atoms with Gasteiger partial charge in [-0.25, -0.2) is 4.57 Å². The summed E-state index contributed by atoms with van der Waals surface area (Å²) in [6.07, 6.45) is 40.8. The molecule has 0 aromatic heterocycles. The van der Waals surface area contributed by atoms with E-state index in [1.807, 2.05) is 0 Å². The quantitative estimate of drug-likeness (QED) is 0.0245. The molecule has 0 saturated carbocycles. The fourth-order valence-electron chi connectivity index (χ4n) is 5.24. The Bertz CT molecular complexity index is 934. The van der Waals surface area contributed by atoms with Crippen LogP contribution in [0.4, 0.5) is 0 Å². The molecule has 51 heavy (non-hydrogen) atoms. The Labute approximate surface area is 311 Å². The van der Waals surface area contributed by atoms with E-state index in [2.05, 4.69) is 62.5 Å². The summed E-state index contributed by atoms with van der Waals surface area (Å²) in [5.41, 5.74) is 0. The standard InChI is InChI=1S/C41H75O9P/c1-3-5-7-9-11-13-15-17-19-20-21-23-25-27-29-31-33-41(44)50-40(38-49-51(45,46)48-36-39(43)35-42)37-47-34-32-30-28-26-24-22-18-16-14-12-10-8-6-4-2/h6,8,12,14,18,22,26,28,39-40,42-43H,3-5,7,9-11,13,15-17,19-21,23-25,27,29-38H2,1-2H3,(H,45,46)/b8-6-,14-12-,22-18-,28-26-.